The molecular formula is C25H23Cl2N3O3. The largest absolute Gasteiger partial charge is 0.391 e. The monoisotopic (exact) mass is 483 g/mol. The van der Waals surface area contributed by atoms with Gasteiger partial charge in [-0.3, -0.25) is 10.1 Å². The average molecular weight is 484 g/mol. The molecule has 0 aliphatic rings. The summed E-state index contributed by atoms with van der Waals surface area (Å²) >= 11 is 11.9. The van der Waals surface area contributed by atoms with E-state index >= 15 is 0 Å². The number of carbonyl (C=O) groups is 2. The minimum absolute atomic E-state index is 0.171. The first-order valence-electron chi connectivity index (χ1n) is 10.2. The van der Waals surface area contributed by atoms with Gasteiger partial charge in [0.1, 0.15) is 6.61 Å². The van der Waals surface area contributed by atoms with E-state index in [1.807, 2.05) is 38.1 Å². The van der Waals surface area contributed by atoms with Gasteiger partial charge in [-0.25, -0.2) is 4.79 Å². The molecule has 33 heavy (non-hydrogen) atoms. The predicted octanol–water partition coefficient (Wildman–Crippen LogP) is 6.53. The first-order valence-corrected chi connectivity index (χ1v) is 11.0. The van der Waals surface area contributed by atoms with Gasteiger partial charge >= 0.3 is 6.03 Å². The molecule has 0 radical (unpaired) electrons. The fourth-order valence-electron chi connectivity index (χ4n) is 2.95. The Bertz CT molecular complexity index is 1140. The van der Waals surface area contributed by atoms with Crippen molar-refractivity contribution in [1.82, 2.24) is 5.32 Å². The molecule has 0 saturated carbocycles. The van der Waals surface area contributed by atoms with E-state index in [1.54, 1.807) is 48.5 Å². The summed E-state index contributed by atoms with van der Waals surface area (Å²) in [6, 6.07) is 20.3. The Kier molecular flexibility index (Phi) is 8.46. The highest BCUT2D eigenvalue weighted by atomic mass is 35.5. The fourth-order valence-corrected chi connectivity index (χ4v) is 3.30. The third kappa shape index (κ3) is 7.07. The van der Waals surface area contributed by atoms with Crippen LogP contribution in [-0.2, 0) is 11.4 Å². The van der Waals surface area contributed by atoms with E-state index < -0.39 is 11.9 Å². The topological polar surface area (TPSA) is 79.8 Å². The lowest BCUT2D eigenvalue weighted by molar-refractivity contribution is 0.0967. The molecule has 3 aromatic rings. The number of urea groups is 1. The number of anilines is 1. The van der Waals surface area contributed by atoms with Gasteiger partial charge in [-0.1, -0.05) is 78.6 Å². The Balaban J connectivity index is 1.55. The van der Waals surface area contributed by atoms with Crippen LogP contribution in [0.3, 0.4) is 0 Å². The summed E-state index contributed by atoms with van der Waals surface area (Å²) in [6.07, 6.45) is 0. The van der Waals surface area contributed by atoms with Crippen molar-refractivity contribution < 1.29 is 14.4 Å². The summed E-state index contributed by atoms with van der Waals surface area (Å²) in [6.45, 7) is 4.35. The normalized spacial score (nSPS) is 11.2. The molecule has 0 heterocycles. The molecule has 0 aromatic heterocycles. The summed E-state index contributed by atoms with van der Waals surface area (Å²) in [4.78, 5) is 29.9. The number of hydrogen-bond acceptors (Lipinski definition) is 4. The van der Waals surface area contributed by atoms with Crippen molar-refractivity contribution in [3.63, 3.8) is 0 Å². The maximum Gasteiger partial charge on any atom is 0.326 e. The minimum atomic E-state index is -0.655. The second-order valence-electron chi connectivity index (χ2n) is 7.50. The molecule has 3 aromatic carbocycles. The van der Waals surface area contributed by atoms with Crippen LogP contribution in [0.4, 0.5) is 10.5 Å². The Morgan fingerprint density at radius 2 is 1.61 bits per heavy atom. The van der Waals surface area contributed by atoms with Crippen LogP contribution in [0.2, 0.25) is 10.0 Å². The summed E-state index contributed by atoms with van der Waals surface area (Å²) in [5.41, 5.74) is 3.39. The molecule has 0 aliphatic carbocycles. The lowest BCUT2D eigenvalue weighted by atomic mass is 10.0. The van der Waals surface area contributed by atoms with Crippen LogP contribution in [0.5, 0.6) is 0 Å². The fraction of sp³-hybridized carbons (Fsp3) is 0.160. The number of nitrogens with zero attached hydrogens (tertiary/aromatic N) is 1. The van der Waals surface area contributed by atoms with Gasteiger partial charge in [-0.2, -0.15) is 0 Å². The Labute approximate surface area is 202 Å². The lowest BCUT2D eigenvalue weighted by Gasteiger charge is -2.11. The van der Waals surface area contributed by atoms with Crippen LogP contribution < -0.4 is 10.6 Å². The van der Waals surface area contributed by atoms with E-state index in [9.17, 15) is 9.59 Å². The second kappa shape index (κ2) is 11.5. The SMILES string of the molecule is CC(C)/C(=N/OCc1ccc(NC(=O)NC(=O)c2ccccc2Cl)cc1)c1ccc(Cl)cc1. The Morgan fingerprint density at radius 3 is 2.24 bits per heavy atom. The van der Waals surface area contributed by atoms with E-state index in [0.29, 0.717) is 10.7 Å². The van der Waals surface area contributed by atoms with Gasteiger partial charge in [0.2, 0.25) is 0 Å². The molecule has 0 fully saturated rings. The van der Waals surface area contributed by atoms with Gasteiger partial charge in [-0.15, -0.1) is 0 Å². The molecular weight excluding hydrogens is 461 g/mol. The number of benzene rings is 3. The number of amides is 3. The van der Waals surface area contributed by atoms with Crippen molar-refractivity contribution in [2.75, 3.05) is 5.32 Å². The zero-order valence-corrected chi connectivity index (χ0v) is 19.7. The summed E-state index contributed by atoms with van der Waals surface area (Å²) < 4.78 is 0. The molecule has 3 rings (SSSR count). The van der Waals surface area contributed by atoms with Gasteiger partial charge in [0.25, 0.3) is 5.91 Å². The van der Waals surface area contributed by atoms with Gasteiger partial charge < -0.3 is 10.2 Å². The first kappa shape index (κ1) is 24.3. The summed E-state index contributed by atoms with van der Waals surface area (Å²) in [5.74, 6) is -0.410. The molecule has 170 valence electrons. The Hall–Kier alpha value is -3.35. The van der Waals surface area contributed by atoms with Crippen LogP contribution in [0.25, 0.3) is 0 Å². The smallest absolute Gasteiger partial charge is 0.326 e. The number of oxime groups is 1. The predicted molar refractivity (Wildman–Crippen MR) is 132 cm³/mol. The van der Waals surface area contributed by atoms with Gasteiger partial charge in [0, 0.05) is 10.7 Å². The number of nitrogens with one attached hydrogen (secondary N) is 2. The van der Waals surface area contributed by atoms with Crippen LogP contribution in [0, 0.1) is 5.92 Å². The Morgan fingerprint density at radius 1 is 0.939 bits per heavy atom. The molecule has 0 saturated heterocycles. The number of hydrogen-bond donors (Lipinski definition) is 2. The molecule has 2 N–H and O–H groups in total. The van der Waals surface area contributed by atoms with Crippen molar-refractivity contribution in [3.05, 3.63) is 99.5 Å². The molecule has 0 bridgehead atoms. The minimum Gasteiger partial charge on any atom is -0.391 e. The number of halogens is 2. The van der Waals surface area contributed by atoms with Gasteiger partial charge in [0.05, 0.1) is 16.3 Å². The van der Waals surface area contributed by atoms with Gasteiger partial charge in [0.15, 0.2) is 0 Å². The number of carbonyl (C=O) groups excluding carboxylic acids is 2. The zero-order valence-electron chi connectivity index (χ0n) is 18.1. The van der Waals surface area contributed by atoms with Crippen LogP contribution in [-0.4, -0.2) is 17.6 Å². The highest BCUT2D eigenvalue weighted by Crippen LogP contribution is 2.17. The van der Waals surface area contributed by atoms with E-state index in [4.69, 9.17) is 28.0 Å². The van der Waals surface area contributed by atoms with Crippen LogP contribution in [0.1, 0.15) is 35.3 Å². The average Bonchev–Trinajstić information content (AvgIpc) is 2.78. The van der Waals surface area contributed by atoms with E-state index in [1.165, 1.54) is 0 Å². The molecule has 6 nitrogen and oxygen atoms in total. The molecule has 0 spiro atoms. The van der Waals surface area contributed by atoms with Crippen molar-refractivity contribution >= 4 is 46.5 Å². The van der Waals surface area contributed by atoms with E-state index in [-0.39, 0.29) is 23.1 Å². The molecule has 3 amide bonds. The number of imide groups is 1. The molecule has 0 aliphatic heterocycles. The van der Waals surface area contributed by atoms with Crippen molar-refractivity contribution in [2.24, 2.45) is 11.1 Å². The summed E-state index contributed by atoms with van der Waals surface area (Å²) in [7, 11) is 0. The quantitative estimate of drug-likeness (QED) is 0.296. The van der Waals surface area contributed by atoms with Crippen LogP contribution >= 0.6 is 23.2 Å². The van der Waals surface area contributed by atoms with Crippen molar-refractivity contribution in [3.8, 4) is 0 Å². The van der Waals surface area contributed by atoms with Gasteiger partial charge in [-0.05, 0) is 53.4 Å². The third-order valence-corrected chi connectivity index (χ3v) is 5.22. The highest BCUT2D eigenvalue weighted by Gasteiger charge is 2.13. The van der Waals surface area contributed by atoms with E-state index in [0.717, 1.165) is 16.8 Å². The molecule has 8 heteroatoms. The number of rotatable bonds is 7. The summed E-state index contributed by atoms with van der Waals surface area (Å²) in [5, 5.41) is 10.1. The molecule has 0 atom stereocenters. The maximum atomic E-state index is 12.2. The first-order chi connectivity index (χ1) is 15.8. The van der Waals surface area contributed by atoms with Crippen LogP contribution in [0.15, 0.2) is 78.0 Å². The lowest BCUT2D eigenvalue weighted by Crippen LogP contribution is -2.34. The second-order valence-corrected chi connectivity index (χ2v) is 8.34. The molecule has 0 unspecified atom stereocenters. The third-order valence-electron chi connectivity index (χ3n) is 4.64. The van der Waals surface area contributed by atoms with E-state index in [2.05, 4.69) is 15.8 Å². The highest BCUT2D eigenvalue weighted by molar-refractivity contribution is 6.34. The standard InChI is InChI=1S/C25H23Cl2N3O3/c1-16(2)23(18-9-11-19(26)12-10-18)30-33-15-17-7-13-20(14-8-17)28-25(32)29-24(31)21-5-3-4-6-22(21)27/h3-14,16H,15H2,1-2H3,(H2,28,29,31,32)/b30-23-. The van der Waals surface area contributed by atoms with Crippen molar-refractivity contribution in [2.45, 2.75) is 20.5 Å². The van der Waals surface area contributed by atoms with Crippen molar-refractivity contribution in [1.29, 1.82) is 0 Å². The zero-order chi connectivity index (χ0) is 23.8. The maximum absolute atomic E-state index is 12.2.